The Morgan fingerprint density at radius 2 is 1.81 bits per heavy atom. The zero-order valence-corrected chi connectivity index (χ0v) is 14.3. The van der Waals surface area contributed by atoms with Gasteiger partial charge in [-0.25, -0.2) is 8.78 Å². The van der Waals surface area contributed by atoms with Crippen LogP contribution in [0.5, 0.6) is 0 Å². The smallest absolute Gasteiger partial charge is 0.254 e. The summed E-state index contributed by atoms with van der Waals surface area (Å²) in [5, 5.41) is 0. The summed E-state index contributed by atoms with van der Waals surface area (Å²) in [6, 6.07) is 9.73. The lowest BCUT2D eigenvalue weighted by Gasteiger charge is -2.35. The van der Waals surface area contributed by atoms with Gasteiger partial charge in [0, 0.05) is 36.2 Å². The third kappa shape index (κ3) is 3.90. The first-order chi connectivity index (χ1) is 12.5. The van der Waals surface area contributed by atoms with Gasteiger partial charge >= 0.3 is 0 Å². The van der Waals surface area contributed by atoms with Crippen LogP contribution in [0.25, 0.3) is 11.1 Å². The van der Waals surface area contributed by atoms with E-state index in [2.05, 4.69) is 0 Å². The van der Waals surface area contributed by atoms with E-state index in [1.807, 2.05) is 0 Å². The number of hydrogen-bond acceptors (Lipinski definition) is 2. The van der Waals surface area contributed by atoms with Gasteiger partial charge in [0.15, 0.2) is 0 Å². The van der Waals surface area contributed by atoms with E-state index in [0.717, 1.165) is 25.3 Å². The van der Waals surface area contributed by atoms with E-state index in [9.17, 15) is 18.4 Å². The Balaban J connectivity index is 1.81. The van der Waals surface area contributed by atoms with Crippen LogP contribution in [0.3, 0.4) is 0 Å². The molecule has 1 aliphatic heterocycles. The third-order valence-electron chi connectivity index (χ3n) is 4.70. The molecule has 2 amide bonds. The fourth-order valence-corrected chi connectivity index (χ4v) is 3.39. The van der Waals surface area contributed by atoms with Gasteiger partial charge in [-0.05, 0) is 49.1 Å². The summed E-state index contributed by atoms with van der Waals surface area (Å²) in [4.78, 5) is 25.7. The lowest BCUT2D eigenvalue weighted by Crippen LogP contribution is -2.45. The summed E-state index contributed by atoms with van der Waals surface area (Å²) in [6.07, 6.45) is 2.77. The molecule has 0 bridgehead atoms. The van der Waals surface area contributed by atoms with Crippen LogP contribution in [0.4, 0.5) is 8.78 Å². The predicted molar refractivity (Wildman–Crippen MR) is 94.3 cm³/mol. The molecule has 1 atom stereocenters. The standard InChI is InChI=1S/C20H20F2N2O2/c21-15-8-9-17(18(22)11-15)13-4-6-14(7-5-13)20(26)24-10-2-1-3-16(24)12-19(23)25/h4-9,11,16H,1-3,10,12H2,(H2,23,25). The minimum atomic E-state index is -0.651. The zero-order valence-electron chi connectivity index (χ0n) is 14.3. The molecule has 1 aliphatic rings. The highest BCUT2D eigenvalue weighted by Gasteiger charge is 2.28. The molecule has 1 fully saturated rings. The summed E-state index contributed by atoms with van der Waals surface area (Å²) in [5.74, 6) is -1.87. The molecule has 0 aliphatic carbocycles. The van der Waals surface area contributed by atoms with Crippen molar-refractivity contribution < 1.29 is 18.4 Å². The molecule has 0 spiro atoms. The molecule has 26 heavy (non-hydrogen) atoms. The number of nitrogens with two attached hydrogens (primary N) is 1. The molecule has 2 aromatic carbocycles. The largest absolute Gasteiger partial charge is 0.370 e. The minimum absolute atomic E-state index is 0.157. The van der Waals surface area contributed by atoms with Gasteiger partial charge in [-0.2, -0.15) is 0 Å². The number of primary amides is 1. The molecule has 2 N–H and O–H groups in total. The zero-order chi connectivity index (χ0) is 18.7. The van der Waals surface area contributed by atoms with E-state index in [4.69, 9.17) is 5.73 Å². The highest BCUT2D eigenvalue weighted by Crippen LogP contribution is 2.26. The lowest BCUT2D eigenvalue weighted by atomic mass is 9.97. The first-order valence-corrected chi connectivity index (χ1v) is 8.60. The van der Waals surface area contributed by atoms with Gasteiger partial charge in [-0.1, -0.05) is 12.1 Å². The highest BCUT2D eigenvalue weighted by atomic mass is 19.1. The summed E-state index contributed by atoms with van der Waals surface area (Å²) in [5.41, 5.74) is 6.59. The number of likely N-dealkylation sites (tertiary alicyclic amines) is 1. The monoisotopic (exact) mass is 358 g/mol. The van der Waals surface area contributed by atoms with Crippen molar-refractivity contribution in [3.05, 3.63) is 59.7 Å². The maximum absolute atomic E-state index is 13.9. The Morgan fingerprint density at radius 1 is 1.08 bits per heavy atom. The van der Waals surface area contributed by atoms with Crippen LogP contribution in [0.2, 0.25) is 0 Å². The van der Waals surface area contributed by atoms with Crippen LogP contribution in [0, 0.1) is 11.6 Å². The molecule has 1 heterocycles. The van der Waals surface area contributed by atoms with E-state index in [1.165, 1.54) is 12.1 Å². The van der Waals surface area contributed by atoms with Gasteiger partial charge in [-0.3, -0.25) is 9.59 Å². The summed E-state index contributed by atoms with van der Waals surface area (Å²) < 4.78 is 26.9. The predicted octanol–water partition coefficient (Wildman–Crippen LogP) is 3.50. The molecule has 0 aromatic heterocycles. The number of benzene rings is 2. The van der Waals surface area contributed by atoms with E-state index < -0.39 is 17.5 Å². The van der Waals surface area contributed by atoms with Gasteiger partial charge in [-0.15, -0.1) is 0 Å². The average Bonchev–Trinajstić information content (AvgIpc) is 2.61. The number of piperidine rings is 1. The minimum Gasteiger partial charge on any atom is -0.370 e. The summed E-state index contributed by atoms with van der Waals surface area (Å²) >= 11 is 0. The molecular formula is C20H20F2N2O2. The first-order valence-electron chi connectivity index (χ1n) is 8.60. The SMILES string of the molecule is NC(=O)CC1CCCCN1C(=O)c1ccc(-c2ccc(F)cc2F)cc1. The number of nitrogens with zero attached hydrogens (tertiary/aromatic N) is 1. The van der Waals surface area contributed by atoms with Crippen molar-refractivity contribution in [2.45, 2.75) is 31.7 Å². The topological polar surface area (TPSA) is 63.4 Å². The van der Waals surface area contributed by atoms with Crippen molar-refractivity contribution in [2.24, 2.45) is 5.73 Å². The van der Waals surface area contributed by atoms with Gasteiger partial charge in [0.05, 0.1) is 0 Å². The van der Waals surface area contributed by atoms with E-state index >= 15 is 0 Å². The number of halogens is 2. The molecule has 136 valence electrons. The molecule has 3 rings (SSSR count). The van der Waals surface area contributed by atoms with Crippen molar-refractivity contribution in [2.75, 3.05) is 6.54 Å². The maximum Gasteiger partial charge on any atom is 0.254 e. The first kappa shape index (κ1) is 18.0. The second-order valence-corrected chi connectivity index (χ2v) is 6.52. The fourth-order valence-electron chi connectivity index (χ4n) is 3.39. The van der Waals surface area contributed by atoms with Crippen molar-refractivity contribution in [1.82, 2.24) is 4.90 Å². The Hall–Kier alpha value is -2.76. The van der Waals surface area contributed by atoms with Crippen LogP contribution in [0.15, 0.2) is 42.5 Å². The van der Waals surface area contributed by atoms with Gasteiger partial charge in [0.25, 0.3) is 5.91 Å². The van der Waals surface area contributed by atoms with Crippen LogP contribution in [-0.2, 0) is 4.79 Å². The van der Waals surface area contributed by atoms with Crippen molar-refractivity contribution in [3.63, 3.8) is 0 Å². The average molecular weight is 358 g/mol. The molecule has 0 saturated carbocycles. The van der Waals surface area contributed by atoms with Crippen LogP contribution in [0.1, 0.15) is 36.0 Å². The molecule has 1 saturated heterocycles. The Morgan fingerprint density at radius 3 is 2.46 bits per heavy atom. The van der Waals surface area contributed by atoms with E-state index in [0.29, 0.717) is 17.7 Å². The number of rotatable bonds is 4. The van der Waals surface area contributed by atoms with Gasteiger partial charge in [0.2, 0.25) is 5.91 Å². The van der Waals surface area contributed by atoms with Crippen molar-refractivity contribution in [1.29, 1.82) is 0 Å². The van der Waals surface area contributed by atoms with Gasteiger partial charge in [0.1, 0.15) is 11.6 Å². The molecule has 2 aromatic rings. The third-order valence-corrected chi connectivity index (χ3v) is 4.70. The lowest BCUT2D eigenvalue weighted by molar-refractivity contribution is -0.119. The summed E-state index contributed by atoms with van der Waals surface area (Å²) in [7, 11) is 0. The fraction of sp³-hybridized carbons (Fsp3) is 0.300. The number of carbonyl (C=O) groups excluding carboxylic acids is 2. The molecular weight excluding hydrogens is 338 g/mol. The van der Waals surface area contributed by atoms with Gasteiger partial charge < -0.3 is 10.6 Å². The Kier molecular flexibility index (Phi) is 5.30. The van der Waals surface area contributed by atoms with Crippen molar-refractivity contribution >= 4 is 11.8 Å². The molecule has 6 heteroatoms. The second-order valence-electron chi connectivity index (χ2n) is 6.52. The van der Waals surface area contributed by atoms with Crippen LogP contribution < -0.4 is 5.73 Å². The van der Waals surface area contributed by atoms with Crippen LogP contribution >= 0.6 is 0 Å². The molecule has 0 radical (unpaired) electrons. The van der Waals surface area contributed by atoms with Crippen molar-refractivity contribution in [3.8, 4) is 11.1 Å². The molecule has 1 unspecified atom stereocenters. The second kappa shape index (κ2) is 7.64. The number of amides is 2. The quantitative estimate of drug-likeness (QED) is 0.909. The molecule has 4 nitrogen and oxygen atoms in total. The van der Waals surface area contributed by atoms with E-state index in [1.54, 1.807) is 29.2 Å². The number of carbonyl (C=O) groups is 2. The number of hydrogen-bond donors (Lipinski definition) is 1. The van der Waals surface area contributed by atoms with E-state index in [-0.39, 0.29) is 23.9 Å². The summed E-state index contributed by atoms with van der Waals surface area (Å²) in [6.45, 7) is 0.588. The van der Waals surface area contributed by atoms with Crippen LogP contribution in [-0.4, -0.2) is 29.3 Å². The maximum atomic E-state index is 13.9. The Labute approximate surface area is 150 Å². The normalized spacial score (nSPS) is 17.2. The highest BCUT2D eigenvalue weighted by molar-refractivity contribution is 5.95. The Bertz CT molecular complexity index is 821.